The molecule has 0 aliphatic heterocycles. The molecule has 124 valence electrons. The van der Waals surface area contributed by atoms with Gasteiger partial charge in [0.05, 0.1) is 22.4 Å². The van der Waals surface area contributed by atoms with Crippen molar-refractivity contribution in [3.8, 4) is 0 Å². The summed E-state index contributed by atoms with van der Waals surface area (Å²) in [6.07, 6.45) is -0.729. The summed E-state index contributed by atoms with van der Waals surface area (Å²) in [7, 11) is 0. The van der Waals surface area contributed by atoms with E-state index in [2.05, 4.69) is 0 Å². The average molecular weight is 346 g/mol. The summed E-state index contributed by atoms with van der Waals surface area (Å²) in [6, 6.07) is 8.68. The van der Waals surface area contributed by atoms with Crippen LogP contribution in [0.25, 0.3) is 21.9 Å². The van der Waals surface area contributed by atoms with E-state index in [0.717, 1.165) is 0 Å². The Kier molecular flexibility index (Phi) is 4.31. The van der Waals surface area contributed by atoms with Crippen molar-refractivity contribution in [2.75, 3.05) is 5.75 Å². The largest absolute Gasteiger partial charge is 0.611 e. The van der Waals surface area contributed by atoms with Crippen LogP contribution in [0.4, 0.5) is 0 Å². The van der Waals surface area contributed by atoms with Crippen molar-refractivity contribution in [1.29, 1.82) is 0 Å². The lowest BCUT2D eigenvalue weighted by Gasteiger charge is -2.12. The van der Waals surface area contributed by atoms with Gasteiger partial charge in [-0.2, -0.15) is 0 Å². The lowest BCUT2D eigenvalue weighted by atomic mass is 10.1. The zero-order chi connectivity index (χ0) is 17.4. The fraction of sp³-hybridized carbons (Fsp3) is 0.176. The molecule has 0 saturated heterocycles. The fourth-order valence-electron chi connectivity index (χ4n) is 2.43. The lowest BCUT2D eigenvalue weighted by molar-refractivity contribution is 0.0697. The van der Waals surface area contributed by atoms with Crippen LogP contribution in [0.3, 0.4) is 0 Å². The van der Waals surface area contributed by atoms with E-state index in [1.54, 1.807) is 12.1 Å². The van der Waals surface area contributed by atoms with Crippen molar-refractivity contribution < 1.29 is 24.0 Å². The van der Waals surface area contributed by atoms with Crippen LogP contribution in [0.1, 0.15) is 17.3 Å². The predicted octanol–water partition coefficient (Wildman–Crippen LogP) is 2.13. The van der Waals surface area contributed by atoms with Gasteiger partial charge in [-0.15, -0.1) is 0 Å². The Hall–Kier alpha value is -2.35. The monoisotopic (exact) mass is 346 g/mol. The molecule has 2 aromatic carbocycles. The number of aromatic carboxylic acids is 1. The Balaban J connectivity index is 2.21. The predicted molar refractivity (Wildman–Crippen MR) is 89.9 cm³/mol. The highest BCUT2D eigenvalue weighted by atomic mass is 32.2. The van der Waals surface area contributed by atoms with Crippen LogP contribution in [0, 0.1) is 0 Å². The molecule has 0 fully saturated rings. The number of aliphatic hydroxyl groups is 1. The Morgan fingerprint density at radius 1 is 1.21 bits per heavy atom. The van der Waals surface area contributed by atoms with Crippen molar-refractivity contribution in [3.63, 3.8) is 0 Å². The molecule has 3 rings (SSSR count). The van der Waals surface area contributed by atoms with Gasteiger partial charge in [0.15, 0.2) is 4.90 Å². The van der Waals surface area contributed by atoms with Crippen LogP contribution in [0.15, 0.2) is 50.5 Å². The van der Waals surface area contributed by atoms with E-state index in [4.69, 9.17) is 9.52 Å². The zero-order valence-corrected chi connectivity index (χ0v) is 13.5. The third-order valence-corrected chi connectivity index (χ3v) is 5.11. The van der Waals surface area contributed by atoms with Crippen LogP contribution in [-0.2, 0) is 11.2 Å². The molecule has 0 aliphatic rings. The normalized spacial score (nSPS) is 14.0. The molecule has 1 aromatic heterocycles. The second-order valence-corrected chi connectivity index (χ2v) is 6.96. The van der Waals surface area contributed by atoms with Gasteiger partial charge in [-0.3, -0.25) is 4.79 Å². The van der Waals surface area contributed by atoms with E-state index < -0.39 is 23.2 Å². The van der Waals surface area contributed by atoms with Crippen LogP contribution in [0.5, 0.6) is 0 Å². The molecule has 7 heteroatoms. The van der Waals surface area contributed by atoms with Gasteiger partial charge in [-0.1, -0.05) is 0 Å². The Labute approximate surface area is 139 Å². The molecule has 2 N–H and O–H groups in total. The minimum absolute atomic E-state index is 0.0111. The van der Waals surface area contributed by atoms with Gasteiger partial charge in [0, 0.05) is 6.07 Å². The van der Waals surface area contributed by atoms with Crippen molar-refractivity contribution in [2.24, 2.45) is 0 Å². The number of hydrogen-bond acceptors (Lipinski definition) is 5. The number of carboxylic acids is 1. The van der Waals surface area contributed by atoms with Crippen molar-refractivity contribution in [2.45, 2.75) is 17.9 Å². The fourth-order valence-corrected chi connectivity index (χ4v) is 3.53. The van der Waals surface area contributed by atoms with Crippen LogP contribution in [-0.4, -0.2) is 32.6 Å². The van der Waals surface area contributed by atoms with E-state index in [1.165, 1.54) is 31.2 Å². The Bertz CT molecular complexity index is 991. The Morgan fingerprint density at radius 2 is 1.83 bits per heavy atom. The summed E-state index contributed by atoms with van der Waals surface area (Å²) in [4.78, 5) is 24.1. The summed E-state index contributed by atoms with van der Waals surface area (Å²) >= 11 is -1.45. The number of fused-ring (bicyclic) bond motifs is 2. The topological polar surface area (TPSA) is 111 Å². The standard InChI is InChI=1S/C17H14O6S/c1-9(18)8-24(22)11-3-5-15-13(7-11)16(19)12-6-10(17(20)21)2-4-14(12)23-15/h2-7,9,18H,8H2,1H3,(H,20,21). The summed E-state index contributed by atoms with van der Waals surface area (Å²) in [6.45, 7) is 1.54. The van der Waals surface area contributed by atoms with Gasteiger partial charge in [-0.25, -0.2) is 4.79 Å². The highest BCUT2D eigenvalue weighted by Crippen LogP contribution is 2.23. The molecular weight excluding hydrogens is 332 g/mol. The van der Waals surface area contributed by atoms with Crippen molar-refractivity contribution >= 4 is 39.1 Å². The highest BCUT2D eigenvalue weighted by Gasteiger charge is 2.17. The smallest absolute Gasteiger partial charge is 0.335 e. The second-order valence-electron chi connectivity index (χ2n) is 5.47. The molecule has 0 bridgehead atoms. The van der Waals surface area contributed by atoms with E-state index in [9.17, 15) is 19.2 Å². The highest BCUT2D eigenvalue weighted by molar-refractivity contribution is 7.91. The number of benzene rings is 2. The SMILES string of the molecule is CC(O)C[S+]([O-])c1ccc2oc3ccc(C(=O)O)cc3c(=O)c2c1. The maximum absolute atomic E-state index is 12.7. The molecule has 0 radical (unpaired) electrons. The molecule has 24 heavy (non-hydrogen) atoms. The molecule has 3 aromatic rings. The van der Waals surface area contributed by atoms with Gasteiger partial charge in [0.2, 0.25) is 5.43 Å². The Morgan fingerprint density at radius 3 is 2.46 bits per heavy atom. The first kappa shape index (κ1) is 16.5. The summed E-state index contributed by atoms with van der Waals surface area (Å²) in [5.41, 5.74) is 0.219. The van der Waals surface area contributed by atoms with Crippen LogP contribution >= 0.6 is 0 Å². The van der Waals surface area contributed by atoms with Gasteiger partial charge in [0.25, 0.3) is 0 Å². The van der Waals surface area contributed by atoms with Crippen molar-refractivity contribution in [3.05, 3.63) is 52.2 Å². The number of carbonyl (C=O) groups is 1. The lowest BCUT2D eigenvalue weighted by Crippen LogP contribution is -2.18. The first-order valence-electron chi connectivity index (χ1n) is 7.17. The first-order valence-corrected chi connectivity index (χ1v) is 8.49. The number of aliphatic hydroxyl groups excluding tert-OH is 1. The first-order chi connectivity index (χ1) is 11.4. The summed E-state index contributed by atoms with van der Waals surface area (Å²) in [5, 5.41) is 18.8. The molecule has 0 spiro atoms. The summed E-state index contributed by atoms with van der Waals surface area (Å²) in [5.74, 6) is -1.07. The molecular formula is C17H14O6S. The quantitative estimate of drug-likeness (QED) is 0.553. The molecule has 0 aliphatic carbocycles. The van der Waals surface area contributed by atoms with E-state index in [1.807, 2.05) is 0 Å². The zero-order valence-electron chi connectivity index (χ0n) is 12.7. The number of rotatable bonds is 4. The van der Waals surface area contributed by atoms with E-state index in [0.29, 0.717) is 10.5 Å². The van der Waals surface area contributed by atoms with Gasteiger partial charge in [-0.05, 0) is 48.4 Å². The van der Waals surface area contributed by atoms with Crippen LogP contribution in [0.2, 0.25) is 0 Å². The maximum atomic E-state index is 12.7. The van der Waals surface area contributed by atoms with Gasteiger partial charge < -0.3 is 19.2 Å². The number of carboxylic acid groups (broad SMARTS) is 1. The minimum atomic E-state index is -1.45. The average Bonchev–Trinajstić information content (AvgIpc) is 2.53. The third kappa shape index (κ3) is 3.01. The molecule has 0 amide bonds. The van der Waals surface area contributed by atoms with E-state index >= 15 is 0 Å². The van der Waals surface area contributed by atoms with Gasteiger partial charge >= 0.3 is 5.97 Å². The van der Waals surface area contributed by atoms with Gasteiger partial charge in [0.1, 0.15) is 16.9 Å². The van der Waals surface area contributed by atoms with Crippen LogP contribution < -0.4 is 5.43 Å². The van der Waals surface area contributed by atoms with E-state index in [-0.39, 0.29) is 33.1 Å². The molecule has 0 saturated carbocycles. The third-order valence-electron chi connectivity index (χ3n) is 3.54. The minimum Gasteiger partial charge on any atom is -0.611 e. The molecule has 6 nitrogen and oxygen atoms in total. The maximum Gasteiger partial charge on any atom is 0.335 e. The van der Waals surface area contributed by atoms with Crippen molar-refractivity contribution in [1.82, 2.24) is 0 Å². The molecule has 1 heterocycles. The number of hydrogen-bond donors (Lipinski definition) is 2. The molecule has 2 atom stereocenters. The second kappa shape index (κ2) is 6.27. The summed E-state index contributed by atoms with van der Waals surface area (Å²) < 4.78 is 17.8. The molecule has 2 unspecified atom stereocenters.